The minimum absolute atomic E-state index is 0. The number of carbonyl (C=O) groups excluding carboxylic acids is 1. The zero-order valence-electron chi connectivity index (χ0n) is 14.9. The molecule has 2 aromatic carbocycles. The third-order valence-corrected chi connectivity index (χ3v) is 3.83. The minimum Gasteiger partial charge on any atom is -1.00 e. The summed E-state index contributed by atoms with van der Waals surface area (Å²) in [5, 5.41) is 12.2. The van der Waals surface area contributed by atoms with E-state index in [1.54, 1.807) is 30.6 Å². The van der Waals surface area contributed by atoms with E-state index in [2.05, 4.69) is 10.3 Å². The summed E-state index contributed by atoms with van der Waals surface area (Å²) in [5.74, 6) is -1.57. The van der Waals surface area contributed by atoms with Gasteiger partial charge in [-0.05, 0) is 53.6 Å². The number of pyridine rings is 1. The van der Waals surface area contributed by atoms with E-state index in [1.165, 1.54) is 18.2 Å². The van der Waals surface area contributed by atoms with E-state index in [1.807, 2.05) is 18.2 Å². The van der Waals surface area contributed by atoms with Crippen molar-refractivity contribution < 1.29 is 45.7 Å². The van der Waals surface area contributed by atoms with E-state index in [4.69, 9.17) is 11.6 Å². The third-order valence-electron chi connectivity index (χ3n) is 3.60. The van der Waals surface area contributed by atoms with E-state index >= 15 is 0 Å². The van der Waals surface area contributed by atoms with Crippen LogP contribution in [0.4, 0.5) is 5.69 Å². The second-order valence-corrected chi connectivity index (χ2v) is 5.70. The van der Waals surface area contributed by atoms with Gasteiger partial charge in [-0.15, -0.1) is 0 Å². The molecular weight excluding hydrogens is 363 g/mol. The largest absolute Gasteiger partial charge is 1.00 e. The topological polar surface area (TPSA) is 79.3 Å². The van der Waals surface area contributed by atoms with Crippen molar-refractivity contribution in [3.05, 3.63) is 83.1 Å². The molecule has 1 aromatic heterocycles. The molecule has 0 bridgehead atoms. The molecule has 0 aliphatic heterocycles. The van der Waals surface area contributed by atoms with Crippen molar-refractivity contribution in [3.8, 4) is 11.1 Å². The Kier molecular flexibility index (Phi) is 6.94. The van der Waals surface area contributed by atoms with Crippen molar-refractivity contribution in [2.24, 2.45) is 0 Å². The van der Waals surface area contributed by atoms with Crippen LogP contribution in [-0.4, -0.2) is 22.0 Å². The molecule has 3 rings (SSSR count). The molecular formula is C19H14ClN2NaO3. The van der Waals surface area contributed by atoms with E-state index < -0.39 is 11.9 Å². The number of halogens is 1. The van der Waals surface area contributed by atoms with Crippen molar-refractivity contribution in [2.75, 3.05) is 5.32 Å². The van der Waals surface area contributed by atoms with Gasteiger partial charge in [-0.1, -0.05) is 23.7 Å². The first-order valence-corrected chi connectivity index (χ1v) is 7.77. The van der Waals surface area contributed by atoms with Crippen LogP contribution >= 0.6 is 11.6 Å². The molecule has 0 aliphatic rings. The molecule has 0 atom stereocenters. The number of aromatic nitrogens is 1. The minimum atomic E-state index is -1.16. The number of carboxylic acids is 1. The molecule has 126 valence electrons. The molecule has 1 amide bonds. The first-order chi connectivity index (χ1) is 12.0. The number of rotatable bonds is 4. The van der Waals surface area contributed by atoms with Gasteiger partial charge < -0.3 is 11.8 Å². The Labute approximate surface area is 178 Å². The van der Waals surface area contributed by atoms with Crippen molar-refractivity contribution >= 4 is 29.2 Å². The van der Waals surface area contributed by atoms with Gasteiger partial charge in [-0.25, -0.2) is 4.79 Å². The van der Waals surface area contributed by atoms with Gasteiger partial charge in [0.15, 0.2) is 0 Å². The van der Waals surface area contributed by atoms with Crippen LogP contribution in [0.1, 0.15) is 22.1 Å². The van der Waals surface area contributed by atoms with Gasteiger partial charge >= 0.3 is 35.5 Å². The maximum atomic E-state index is 12.5. The monoisotopic (exact) mass is 376 g/mol. The van der Waals surface area contributed by atoms with Gasteiger partial charge in [-0.2, -0.15) is 0 Å². The first-order valence-electron chi connectivity index (χ1n) is 7.39. The maximum Gasteiger partial charge on any atom is 1.00 e. The van der Waals surface area contributed by atoms with Gasteiger partial charge in [0.25, 0.3) is 5.91 Å². The third kappa shape index (κ3) is 4.71. The number of nitrogens with zero attached hydrogens (tertiary/aromatic N) is 1. The summed E-state index contributed by atoms with van der Waals surface area (Å²) in [7, 11) is 0. The van der Waals surface area contributed by atoms with Crippen LogP contribution in [0.25, 0.3) is 11.1 Å². The van der Waals surface area contributed by atoms with Crippen LogP contribution in [0.3, 0.4) is 0 Å². The molecule has 0 spiro atoms. The molecule has 0 radical (unpaired) electrons. The molecule has 1 heterocycles. The van der Waals surface area contributed by atoms with Crippen LogP contribution in [0.2, 0.25) is 5.02 Å². The second kappa shape index (κ2) is 8.96. The summed E-state index contributed by atoms with van der Waals surface area (Å²) in [4.78, 5) is 27.8. The predicted octanol–water partition coefficient (Wildman–Crippen LogP) is 1.47. The predicted molar refractivity (Wildman–Crippen MR) is 97.1 cm³/mol. The number of benzene rings is 2. The molecule has 3 aromatic rings. The summed E-state index contributed by atoms with van der Waals surface area (Å²) < 4.78 is 0. The van der Waals surface area contributed by atoms with E-state index in [0.717, 1.165) is 11.1 Å². The van der Waals surface area contributed by atoms with Crippen molar-refractivity contribution in [3.63, 3.8) is 0 Å². The quantitative estimate of drug-likeness (QED) is 0.676. The molecule has 0 saturated heterocycles. The smallest absolute Gasteiger partial charge is 1.00 e. The number of hydrogen-bond acceptors (Lipinski definition) is 3. The molecule has 0 saturated carbocycles. The van der Waals surface area contributed by atoms with Crippen molar-refractivity contribution in [1.82, 2.24) is 4.98 Å². The van der Waals surface area contributed by atoms with Gasteiger partial charge in [0, 0.05) is 23.0 Å². The Morgan fingerprint density at radius 2 is 1.73 bits per heavy atom. The second-order valence-electron chi connectivity index (χ2n) is 5.27. The molecule has 7 heteroatoms. The summed E-state index contributed by atoms with van der Waals surface area (Å²) in [6.45, 7) is 0. The van der Waals surface area contributed by atoms with Crippen molar-refractivity contribution in [2.45, 2.75) is 0 Å². The summed E-state index contributed by atoms with van der Waals surface area (Å²) in [5.41, 5.74) is 2.34. The average molecular weight is 377 g/mol. The average Bonchev–Trinajstić information content (AvgIpc) is 2.64. The van der Waals surface area contributed by atoms with E-state index in [9.17, 15) is 14.7 Å². The molecule has 2 N–H and O–H groups in total. The Bertz CT molecular complexity index is 955. The molecule has 5 nitrogen and oxygen atoms in total. The van der Waals surface area contributed by atoms with Crippen LogP contribution in [0.5, 0.6) is 0 Å². The fraction of sp³-hybridized carbons (Fsp3) is 0. The summed E-state index contributed by atoms with van der Waals surface area (Å²) in [6, 6.07) is 15.0. The van der Waals surface area contributed by atoms with Crippen LogP contribution in [0, 0.1) is 0 Å². The maximum absolute atomic E-state index is 12.5. The number of aromatic carboxylic acids is 1. The van der Waals surface area contributed by atoms with E-state index in [-0.39, 0.29) is 47.3 Å². The molecule has 0 aliphatic carbocycles. The van der Waals surface area contributed by atoms with E-state index in [0.29, 0.717) is 5.56 Å². The zero-order chi connectivity index (χ0) is 17.8. The number of hydrogen-bond donors (Lipinski definition) is 2. The Morgan fingerprint density at radius 1 is 1.00 bits per heavy atom. The fourth-order valence-corrected chi connectivity index (χ4v) is 2.55. The number of carboxylic acid groups (broad SMARTS) is 1. The van der Waals surface area contributed by atoms with Gasteiger partial charge in [-0.3, -0.25) is 9.78 Å². The molecule has 0 unspecified atom stereocenters. The Morgan fingerprint density at radius 3 is 2.42 bits per heavy atom. The van der Waals surface area contributed by atoms with Crippen LogP contribution < -0.4 is 34.9 Å². The zero-order valence-corrected chi connectivity index (χ0v) is 16.7. The van der Waals surface area contributed by atoms with Crippen LogP contribution in [-0.2, 0) is 0 Å². The Hall–Kier alpha value is -2.18. The number of anilines is 1. The SMILES string of the molecule is O=C(Nc1ccc(Cl)cc1C(=O)O)c1cccc(-c2ccncc2)c1.[H-].[Na+]. The first kappa shape index (κ1) is 20.1. The van der Waals surface area contributed by atoms with Crippen LogP contribution in [0.15, 0.2) is 67.0 Å². The number of carbonyl (C=O) groups is 2. The van der Waals surface area contributed by atoms with Gasteiger partial charge in [0.2, 0.25) is 0 Å². The normalized spacial score (nSPS) is 9.88. The standard InChI is InChI=1S/C19H13ClN2O3.Na.H/c20-15-4-5-17(16(11-15)19(24)25)22-18(23)14-3-1-2-13(10-14)12-6-8-21-9-7-12;;/h1-11H,(H,22,23)(H,24,25);;/q;+1;-1. The van der Waals surface area contributed by atoms with Gasteiger partial charge in [0.1, 0.15) is 0 Å². The number of amides is 1. The fourth-order valence-electron chi connectivity index (χ4n) is 2.38. The van der Waals surface area contributed by atoms with Gasteiger partial charge in [0.05, 0.1) is 11.3 Å². The molecule has 0 fully saturated rings. The Balaban J connectivity index is 0.00000182. The van der Waals surface area contributed by atoms with Crippen molar-refractivity contribution in [1.29, 1.82) is 0 Å². The molecule has 26 heavy (non-hydrogen) atoms. The summed E-state index contributed by atoms with van der Waals surface area (Å²) >= 11 is 5.82. The number of nitrogens with one attached hydrogen (secondary N) is 1. The summed E-state index contributed by atoms with van der Waals surface area (Å²) in [6.07, 6.45) is 3.35.